The van der Waals surface area contributed by atoms with Crippen molar-refractivity contribution in [3.05, 3.63) is 66.2 Å². The lowest BCUT2D eigenvalue weighted by Crippen LogP contribution is -2.42. The number of para-hydroxylation sites is 1. The Bertz CT molecular complexity index is 662. The normalized spacial score (nSPS) is 10.4. The van der Waals surface area contributed by atoms with Crippen molar-refractivity contribution >= 4 is 11.8 Å². The molecule has 0 saturated carbocycles. The van der Waals surface area contributed by atoms with E-state index in [1.54, 1.807) is 4.90 Å². The highest BCUT2D eigenvalue weighted by Gasteiger charge is 2.13. The molecule has 0 heterocycles. The zero-order valence-electron chi connectivity index (χ0n) is 14.1. The van der Waals surface area contributed by atoms with Gasteiger partial charge in [0.15, 0.2) is 0 Å². The maximum Gasteiger partial charge on any atom is 0.234 e. The molecule has 0 fully saturated rings. The number of primary amides is 1. The number of rotatable bonds is 10. The number of amides is 2. The van der Waals surface area contributed by atoms with E-state index in [9.17, 15) is 9.59 Å². The second kappa shape index (κ2) is 10.1. The van der Waals surface area contributed by atoms with Gasteiger partial charge in [-0.25, -0.2) is 0 Å². The largest absolute Gasteiger partial charge is 0.492 e. The zero-order chi connectivity index (χ0) is 17.9. The molecule has 132 valence electrons. The van der Waals surface area contributed by atoms with Crippen molar-refractivity contribution in [2.24, 2.45) is 5.73 Å². The monoisotopic (exact) mass is 341 g/mol. The maximum atomic E-state index is 12.1. The second-order valence-electron chi connectivity index (χ2n) is 5.61. The Morgan fingerprint density at radius 3 is 2.24 bits per heavy atom. The Morgan fingerprint density at radius 1 is 0.960 bits per heavy atom. The van der Waals surface area contributed by atoms with Gasteiger partial charge >= 0.3 is 0 Å². The summed E-state index contributed by atoms with van der Waals surface area (Å²) in [5, 5.41) is 2.78. The van der Waals surface area contributed by atoms with Gasteiger partial charge in [0.25, 0.3) is 0 Å². The molecule has 0 radical (unpaired) electrons. The molecule has 2 aromatic carbocycles. The van der Waals surface area contributed by atoms with Crippen LogP contribution in [0.1, 0.15) is 5.56 Å². The first-order valence-corrected chi connectivity index (χ1v) is 8.12. The highest BCUT2D eigenvalue weighted by molar-refractivity contribution is 5.80. The molecule has 3 N–H and O–H groups in total. The summed E-state index contributed by atoms with van der Waals surface area (Å²) in [5.74, 6) is 0.126. The van der Waals surface area contributed by atoms with E-state index in [-0.39, 0.29) is 19.0 Å². The number of carbonyl (C=O) groups is 2. The van der Waals surface area contributed by atoms with Crippen molar-refractivity contribution in [3.8, 4) is 5.75 Å². The molecule has 0 bridgehead atoms. The van der Waals surface area contributed by atoms with E-state index < -0.39 is 5.91 Å². The highest BCUT2D eigenvalue weighted by Crippen LogP contribution is 2.07. The van der Waals surface area contributed by atoms with E-state index in [1.165, 1.54) is 0 Å². The summed E-state index contributed by atoms with van der Waals surface area (Å²) in [6.45, 7) is 1.39. The third kappa shape index (κ3) is 7.50. The SMILES string of the molecule is NC(=O)CN(CC(=O)NCCOc1ccccc1)Cc1ccccc1. The van der Waals surface area contributed by atoms with Crippen molar-refractivity contribution in [3.63, 3.8) is 0 Å². The molecule has 0 atom stereocenters. The van der Waals surface area contributed by atoms with Gasteiger partial charge in [0.1, 0.15) is 12.4 Å². The summed E-state index contributed by atoms with van der Waals surface area (Å²) >= 11 is 0. The molecule has 6 heteroatoms. The van der Waals surface area contributed by atoms with Gasteiger partial charge in [-0.05, 0) is 17.7 Å². The van der Waals surface area contributed by atoms with Gasteiger partial charge < -0.3 is 15.8 Å². The van der Waals surface area contributed by atoms with Crippen LogP contribution < -0.4 is 15.8 Å². The van der Waals surface area contributed by atoms with E-state index >= 15 is 0 Å². The van der Waals surface area contributed by atoms with Gasteiger partial charge in [-0.3, -0.25) is 14.5 Å². The maximum absolute atomic E-state index is 12.1. The van der Waals surface area contributed by atoms with Crippen LogP contribution in [0.2, 0.25) is 0 Å². The van der Waals surface area contributed by atoms with Crippen LogP contribution in [0, 0.1) is 0 Å². The van der Waals surface area contributed by atoms with Gasteiger partial charge in [0, 0.05) is 6.54 Å². The van der Waals surface area contributed by atoms with Crippen molar-refractivity contribution in [1.82, 2.24) is 10.2 Å². The first-order chi connectivity index (χ1) is 12.1. The molecular formula is C19H23N3O3. The number of ether oxygens (including phenoxy) is 1. The van der Waals surface area contributed by atoms with Crippen molar-refractivity contribution in [2.45, 2.75) is 6.54 Å². The molecule has 25 heavy (non-hydrogen) atoms. The first-order valence-electron chi connectivity index (χ1n) is 8.12. The predicted molar refractivity (Wildman–Crippen MR) is 95.9 cm³/mol. The summed E-state index contributed by atoms with van der Waals surface area (Å²) in [7, 11) is 0. The fourth-order valence-electron chi connectivity index (χ4n) is 2.36. The molecule has 2 aromatic rings. The van der Waals surface area contributed by atoms with Crippen LogP contribution in [0.3, 0.4) is 0 Å². The Kier molecular flexibility index (Phi) is 7.46. The van der Waals surface area contributed by atoms with Gasteiger partial charge in [-0.15, -0.1) is 0 Å². The van der Waals surface area contributed by atoms with Crippen molar-refractivity contribution < 1.29 is 14.3 Å². The Labute approximate surface area is 147 Å². The molecule has 0 unspecified atom stereocenters. The minimum Gasteiger partial charge on any atom is -0.492 e. The molecule has 0 aliphatic rings. The van der Waals surface area contributed by atoms with Crippen LogP contribution in [0.25, 0.3) is 0 Å². The molecule has 0 aromatic heterocycles. The quantitative estimate of drug-likeness (QED) is 0.635. The fourth-order valence-corrected chi connectivity index (χ4v) is 2.36. The van der Waals surface area contributed by atoms with Crippen molar-refractivity contribution in [2.75, 3.05) is 26.2 Å². The Balaban J connectivity index is 1.75. The fraction of sp³-hybridized carbons (Fsp3) is 0.263. The van der Waals surface area contributed by atoms with Crippen molar-refractivity contribution in [1.29, 1.82) is 0 Å². The minimum atomic E-state index is -0.462. The van der Waals surface area contributed by atoms with Crippen LogP contribution >= 0.6 is 0 Å². The van der Waals surface area contributed by atoms with Gasteiger partial charge in [0.05, 0.1) is 19.6 Å². The number of nitrogens with zero attached hydrogens (tertiary/aromatic N) is 1. The lowest BCUT2D eigenvalue weighted by molar-refractivity contribution is -0.124. The van der Waals surface area contributed by atoms with E-state index in [1.807, 2.05) is 60.7 Å². The van der Waals surface area contributed by atoms with E-state index in [4.69, 9.17) is 10.5 Å². The van der Waals surface area contributed by atoms with Gasteiger partial charge in [-0.1, -0.05) is 48.5 Å². The van der Waals surface area contributed by atoms with Gasteiger partial charge in [-0.2, -0.15) is 0 Å². The lowest BCUT2D eigenvalue weighted by Gasteiger charge is -2.20. The summed E-state index contributed by atoms with van der Waals surface area (Å²) < 4.78 is 5.52. The van der Waals surface area contributed by atoms with Crippen LogP contribution in [0.5, 0.6) is 5.75 Å². The lowest BCUT2D eigenvalue weighted by atomic mass is 10.2. The summed E-state index contributed by atoms with van der Waals surface area (Å²) in [6, 6.07) is 19.0. The van der Waals surface area contributed by atoms with Gasteiger partial charge in [0.2, 0.25) is 11.8 Å². The Morgan fingerprint density at radius 2 is 1.60 bits per heavy atom. The third-order valence-corrected chi connectivity index (χ3v) is 3.43. The Hall–Kier alpha value is -2.86. The second-order valence-corrected chi connectivity index (χ2v) is 5.61. The summed E-state index contributed by atoms with van der Waals surface area (Å²) in [6.07, 6.45) is 0. The number of nitrogens with one attached hydrogen (secondary N) is 1. The number of hydrogen-bond donors (Lipinski definition) is 2. The standard InChI is InChI=1S/C19H23N3O3/c20-18(23)14-22(13-16-7-3-1-4-8-16)15-19(24)21-11-12-25-17-9-5-2-6-10-17/h1-10H,11-15H2,(H2,20,23)(H,21,24). The minimum absolute atomic E-state index is 0.0306. The smallest absolute Gasteiger partial charge is 0.234 e. The van der Waals surface area contributed by atoms with Crippen LogP contribution in [-0.2, 0) is 16.1 Å². The van der Waals surface area contributed by atoms with Crippen LogP contribution in [0.15, 0.2) is 60.7 Å². The number of carbonyl (C=O) groups excluding carboxylic acids is 2. The average Bonchev–Trinajstić information content (AvgIpc) is 2.60. The molecule has 0 saturated heterocycles. The molecule has 0 spiro atoms. The molecule has 0 aliphatic carbocycles. The highest BCUT2D eigenvalue weighted by atomic mass is 16.5. The number of benzene rings is 2. The number of hydrogen-bond acceptors (Lipinski definition) is 4. The summed E-state index contributed by atoms with van der Waals surface area (Å²) in [5.41, 5.74) is 6.29. The predicted octanol–water partition coefficient (Wildman–Crippen LogP) is 1.17. The molecule has 2 rings (SSSR count). The van der Waals surface area contributed by atoms with E-state index in [0.29, 0.717) is 19.7 Å². The van der Waals surface area contributed by atoms with E-state index in [2.05, 4.69) is 5.32 Å². The molecule has 0 aliphatic heterocycles. The molecule has 2 amide bonds. The molecular weight excluding hydrogens is 318 g/mol. The number of nitrogens with two attached hydrogens (primary N) is 1. The zero-order valence-corrected chi connectivity index (χ0v) is 14.1. The van der Waals surface area contributed by atoms with Crippen LogP contribution in [-0.4, -0.2) is 43.0 Å². The average molecular weight is 341 g/mol. The summed E-state index contributed by atoms with van der Waals surface area (Å²) in [4.78, 5) is 25.0. The third-order valence-electron chi connectivity index (χ3n) is 3.43. The first kappa shape index (κ1) is 18.5. The van der Waals surface area contributed by atoms with E-state index in [0.717, 1.165) is 11.3 Å². The van der Waals surface area contributed by atoms with Crippen LogP contribution in [0.4, 0.5) is 0 Å². The molecule has 6 nitrogen and oxygen atoms in total. The topological polar surface area (TPSA) is 84.7 Å².